The normalized spacial score (nSPS) is 13.2. The monoisotopic (exact) mass is 281 g/mol. The first-order valence-electron chi connectivity index (χ1n) is 6.00. The van der Waals surface area contributed by atoms with Gasteiger partial charge in [-0.1, -0.05) is 26.0 Å². The molecule has 0 heterocycles. The van der Waals surface area contributed by atoms with Gasteiger partial charge in [-0.2, -0.15) is 0 Å². The predicted molar refractivity (Wildman–Crippen MR) is 72.5 cm³/mol. The highest BCUT2D eigenvalue weighted by atomic mass is 16.5. The summed E-state index contributed by atoms with van der Waals surface area (Å²) in [6.45, 7) is 3.44. The predicted octanol–water partition coefficient (Wildman–Crippen LogP) is 1.52. The molecule has 0 aliphatic rings. The first-order valence-corrected chi connectivity index (χ1v) is 6.00. The molecule has 20 heavy (non-hydrogen) atoms. The van der Waals surface area contributed by atoms with Crippen LogP contribution in [0.25, 0.3) is 0 Å². The lowest BCUT2D eigenvalue weighted by Gasteiger charge is -2.27. The van der Waals surface area contributed by atoms with Gasteiger partial charge in [0.25, 0.3) is 5.91 Å². The highest BCUT2D eigenvalue weighted by Gasteiger charge is 2.27. The number of aromatic hydroxyl groups is 1. The molecule has 110 valence electrons. The summed E-state index contributed by atoms with van der Waals surface area (Å²) < 4.78 is 4.93. The number of rotatable bonds is 5. The first kappa shape index (κ1) is 16.0. The minimum absolute atomic E-state index is 0.0723. The van der Waals surface area contributed by atoms with Crippen LogP contribution in [0.5, 0.6) is 11.5 Å². The van der Waals surface area contributed by atoms with E-state index in [1.54, 1.807) is 26.0 Å². The molecule has 0 aliphatic heterocycles. The Morgan fingerprint density at radius 2 is 2.10 bits per heavy atom. The van der Waals surface area contributed by atoms with E-state index < -0.39 is 17.4 Å². The molecule has 0 unspecified atom stereocenters. The van der Waals surface area contributed by atoms with Gasteiger partial charge in [0.15, 0.2) is 11.5 Å². The molecular weight excluding hydrogens is 262 g/mol. The van der Waals surface area contributed by atoms with Gasteiger partial charge in [0, 0.05) is 11.5 Å². The molecule has 0 saturated heterocycles. The van der Waals surface area contributed by atoms with Crippen molar-refractivity contribution in [3.63, 3.8) is 0 Å². The number of methoxy groups -OCH3 is 1. The van der Waals surface area contributed by atoms with Crippen molar-refractivity contribution < 1.29 is 25.0 Å². The summed E-state index contributed by atoms with van der Waals surface area (Å²) in [6, 6.07) is 4.59. The fraction of sp³-hybridized carbons (Fsp3) is 0.357. The van der Waals surface area contributed by atoms with Crippen LogP contribution >= 0.6 is 0 Å². The smallest absolute Gasteiger partial charge is 0.267 e. The Labute approximate surface area is 117 Å². The highest BCUT2D eigenvalue weighted by molar-refractivity contribution is 5.86. The van der Waals surface area contributed by atoms with Crippen LogP contribution in [-0.4, -0.2) is 28.4 Å². The van der Waals surface area contributed by atoms with Gasteiger partial charge in [-0.25, -0.2) is 5.48 Å². The summed E-state index contributed by atoms with van der Waals surface area (Å²) in [7, 11) is 1.44. The molecule has 6 heteroatoms. The molecule has 1 aromatic rings. The van der Waals surface area contributed by atoms with Crippen molar-refractivity contribution in [1.29, 1.82) is 0 Å². The lowest BCUT2D eigenvalue weighted by Crippen LogP contribution is -2.22. The highest BCUT2D eigenvalue weighted by Crippen LogP contribution is 2.37. The van der Waals surface area contributed by atoms with Crippen molar-refractivity contribution in [2.24, 2.45) is 5.41 Å². The molecule has 0 aromatic heterocycles. The quantitative estimate of drug-likeness (QED) is 0.372. The van der Waals surface area contributed by atoms with E-state index >= 15 is 0 Å². The van der Waals surface area contributed by atoms with Gasteiger partial charge in [0.1, 0.15) is 0 Å². The average molecular weight is 281 g/mol. The molecule has 1 amide bonds. The van der Waals surface area contributed by atoms with Crippen molar-refractivity contribution >= 4 is 5.91 Å². The van der Waals surface area contributed by atoms with Crippen molar-refractivity contribution in [2.45, 2.75) is 20.0 Å². The van der Waals surface area contributed by atoms with Crippen LogP contribution in [0, 0.1) is 5.41 Å². The average Bonchev–Trinajstić information content (AvgIpc) is 2.43. The molecule has 1 atom stereocenters. The summed E-state index contributed by atoms with van der Waals surface area (Å²) in [5.74, 6) is -0.436. The Kier molecular flexibility index (Phi) is 5.12. The second-order valence-corrected chi connectivity index (χ2v) is 4.96. The topological polar surface area (TPSA) is 99.0 Å². The van der Waals surface area contributed by atoms with Gasteiger partial charge in [-0.05, 0) is 17.7 Å². The third kappa shape index (κ3) is 3.72. The van der Waals surface area contributed by atoms with Gasteiger partial charge in [-0.15, -0.1) is 0 Å². The van der Waals surface area contributed by atoms with E-state index in [1.165, 1.54) is 24.7 Å². The molecule has 1 rings (SSSR count). The van der Waals surface area contributed by atoms with Gasteiger partial charge in [-0.3, -0.25) is 10.0 Å². The Balaban J connectivity index is 2.98. The maximum Gasteiger partial charge on any atom is 0.267 e. The zero-order valence-corrected chi connectivity index (χ0v) is 11.6. The largest absolute Gasteiger partial charge is 0.504 e. The number of nitrogens with one attached hydrogen (secondary N) is 1. The minimum atomic E-state index is -0.943. The number of hydrogen-bond donors (Lipinski definition) is 4. The number of phenols is 1. The maximum absolute atomic E-state index is 11.0. The molecule has 0 fully saturated rings. The van der Waals surface area contributed by atoms with Crippen molar-refractivity contribution in [1.82, 2.24) is 5.48 Å². The van der Waals surface area contributed by atoms with E-state index in [4.69, 9.17) is 9.94 Å². The summed E-state index contributed by atoms with van der Waals surface area (Å²) in [5.41, 5.74) is 1.19. The van der Waals surface area contributed by atoms with E-state index in [2.05, 4.69) is 0 Å². The second-order valence-electron chi connectivity index (χ2n) is 4.96. The van der Waals surface area contributed by atoms with E-state index in [0.29, 0.717) is 11.3 Å². The van der Waals surface area contributed by atoms with E-state index in [0.717, 1.165) is 6.08 Å². The van der Waals surface area contributed by atoms with E-state index in [1.807, 2.05) is 0 Å². The van der Waals surface area contributed by atoms with Crippen LogP contribution in [0.15, 0.2) is 30.4 Å². The number of benzene rings is 1. The SMILES string of the molecule is COc1ccc([C@H](O)C(C)(C)/C=C/C(=O)NO)cc1O. The number of ether oxygens (including phenoxy) is 1. The molecule has 0 spiro atoms. The Morgan fingerprint density at radius 3 is 2.60 bits per heavy atom. The van der Waals surface area contributed by atoms with Crippen LogP contribution in [0.4, 0.5) is 0 Å². The fourth-order valence-corrected chi connectivity index (χ4v) is 1.73. The summed E-state index contributed by atoms with van der Waals surface area (Å²) in [4.78, 5) is 11.0. The molecule has 0 saturated carbocycles. The third-order valence-corrected chi connectivity index (χ3v) is 3.00. The number of aliphatic hydroxyl groups excluding tert-OH is 1. The van der Waals surface area contributed by atoms with Crippen LogP contribution in [0.3, 0.4) is 0 Å². The van der Waals surface area contributed by atoms with E-state index in [-0.39, 0.29) is 5.75 Å². The minimum Gasteiger partial charge on any atom is -0.504 e. The number of aliphatic hydroxyl groups is 1. The first-order chi connectivity index (χ1) is 9.31. The second kappa shape index (κ2) is 6.40. The standard InChI is InChI=1S/C14H19NO5/c1-14(2,7-6-12(17)15-19)13(18)9-4-5-11(20-3)10(16)8-9/h4-8,13,16,18-19H,1-3H3,(H,15,17)/b7-6+/t13-/m0/s1. The summed E-state index contributed by atoms with van der Waals surface area (Å²) >= 11 is 0. The zero-order chi connectivity index (χ0) is 15.3. The van der Waals surface area contributed by atoms with Crippen molar-refractivity contribution in [2.75, 3.05) is 7.11 Å². The number of carbonyl (C=O) groups excluding carboxylic acids is 1. The van der Waals surface area contributed by atoms with Crippen molar-refractivity contribution in [3.8, 4) is 11.5 Å². The molecule has 4 N–H and O–H groups in total. The number of hydroxylamine groups is 1. The number of hydrogen-bond acceptors (Lipinski definition) is 5. The zero-order valence-electron chi connectivity index (χ0n) is 11.6. The lowest BCUT2D eigenvalue weighted by atomic mass is 9.82. The van der Waals surface area contributed by atoms with Gasteiger partial charge < -0.3 is 14.9 Å². The molecule has 1 aromatic carbocycles. The fourth-order valence-electron chi connectivity index (χ4n) is 1.73. The molecule has 0 bridgehead atoms. The molecule has 0 aliphatic carbocycles. The molecule has 0 radical (unpaired) electrons. The summed E-state index contributed by atoms with van der Waals surface area (Å²) in [5, 5.41) is 28.5. The van der Waals surface area contributed by atoms with Crippen LogP contribution in [-0.2, 0) is 4.79 Å². The van der Waals surface area contributed by atoms with Crippen LogP contribution in [0.2, 0.25) is 0 Å². The molecular formula is C14H19NO5. The Morgan fingerprint density at radius 1 is 1.45 bits per heavy atom. The Bertz CT molecular complexity index is 510. The van der Waals surface area contributed by atoms with Gasteiger partial charge in [0.2, 0.25) is 0 Å². The third-order valence-electron chi connectivity index (χ3n) is 3.00. The van der Waals surface area contributed by atoms with Gasteiger partial charge >= 0.3 is 0 Å². The lowest BCUT2D eigenvalue weighted by molar-refractivity contribution is -0.124. The number of amides is 1. The summed E-state index contributed by atoms with van der Waals surface area (Å²) in [6.07, 6.45) is 1.67. The maximum atomic E-state index is 11.0. The van der Waals surface area contributed by atoms with Crippen LogP contribution < -0.4 is 10.2 Å². The van der Waals surface area contributed by atoms with Gasteiger partial charge in [0.05, 0.1) is 13.2 Å². The van der Waals surface area contributed by atoms with E-state index in [9.17, 15) is 15.0 Å². The number of phenolic OH excluding ortho intramolecular Hbond substituents is 1. The molecule has 6 nitrogen and oxygen atoms in total. The Hall–Kier alpha value is -2.05. The number of carbonyl (C=O) groups is 1. The van der Waals surface area contributed by atoms with Crippen LogP contribution in [0.1, 0.15) is 25.5 Å². The van der Waals surface area contributed by atoms with Crippen molar-refractivity contribution in [3.05, 3.63) is 35.9 Å².